The predicted octanol–water partition coefficient (Wildman–Crippen LogP) is 7.54. The van der Waals surface area contributed by atoms with Crippen LogP contribution in [0.2, 0.25) is 0 Å². The zero-order chi connectivity index (χ0) is 50.1. The minimum absolute atomic E-state index is 0.131. The second-order valence-electron chi connectivity index (χ2n) is 18.4. The van der Waals surface area contributed by atoms with E-state index in [1.54, 1.807) is 28.0 Å². The van der Waals surface area contributed by atoms with Crippen molar-refractivity contribution in [3.05, 3.63) is 151 Å². The number of rotatable bonds is 13. The van der Waals surface area contributed by atoms with E-state index >= 15 is 0 Å². The van der Waals surface area contributed by atoms with Crippen molar-refractivity contribution in [2.75, 3.05) is 66.4 Å². The average molecular weight is 986 g/mol. The summed E-state index contributed by atoms with van der Waals surface area (Å²) in [6.45, 7) is 4.63. The molecule has 0 bridgehead atoms. The van der Waals surface area contributed by atoms with Crippen molar-refractivity contribution < 1.29 is 19.1 Å². The number of aromatic amines is 2. The Morgan fingerprint density at radius 2 is 1.27 bits per heavy atom. The fourth-order valence-corrected chi connectivity index (χ4v) is 9.60. The molecular formula is C55H51N15O4. The van der Waals surface area contributed by atoms with Crippen LogP contribution in [0.5, 0.6) is 0 Å². The van der Waals surface area contributed by atoms with Crippen LogP contribution in [-0.2, 0) is 46.0 Å². The van der Waals surface area contributed by atoms with Gasteiger partial charge in [-0.15, -0.1) is 0 Å². The number of nitrogens with zero attached hydrogens (tertiary/aromatic N) is 11. The molecular weight excluding hydrogens is 935 g/mol. The van der Waals surface area contributed by atoms with Gasteiger partial charge in [-0.2, -0.15) is 10.2 Å². The summed E-state index contributed by atoms with van der Waals surface area (Å²) in [5.74, 6) is 2.16. The van der Waals surface area contributed by atoms with Crippen molar-refractivity contribution >= 4 is 56.8 Å². The Bertz CT molecular complexity index is 3640. The molecule has 1 unspecified atom stereocenters. The Kier molecular flexibility index (Phi) is 12.3. The summed E-state index contributed by atoms with van der Waals surface area (Å²) >= 11 is 0. The van der Waals surface area contributed by atoms with E-state index in [-0.39, 0.29) is 30.8 Å². The number of aromatic nitrogens is 11. The molecule has 0 radical (unpaired) electrons. The van der Waals surface area contributed by atoms with E-state index < -0.39 is 0 Å². The van der Waals surface area contributed by atoms with E-state index in [4.69, 9.17) is 29.5 Å². The maximum absolute atomic E-state index is 13.3. The number of carbonyl (C=O) groups is 2. The first-order valence-electron chi connectivity index (χ1n) is 24.5. The van der Waals surface area contributed by atoms with Crippen LogP contribution in [0.4, 0.5) is 23.0 Å². The zero-order valence-corrected chi connectivity index (χ0v) is 40.7. The maximum atomic E-state index is 13.3. The minimum Gasteiger partial charge on any atom is -0.378 e. The highest BCUT2D eigenvalue weighted by atomic mass is 16.5. The quantitative estimate of drug-likeness (QED) is 0.0880. The van der Waals surface area contributed by atoms with Crippen LogP contribution < -0.4 is 20.4 Å². The van der Waals surface area contributed by atoms with Gasteiger partial charge in [-0.25, -0.2) is 15.0 Å². The number of hydrogen-bond donors (Lipinski definition) is 4. The van der Waals surface area contributed by atoms with Crippen molar-refractivity contribution in [2.45, 2.75) is 18.9 Å². The summed E-state index contributed by atoms with van der Waals surface area (Å²) in [4.78, 5) is 61.2. The Hall–Kier alpha value is -9.07. The second kappa shape index (κ2) is 19.9. The molecule has 370 valence electrons. The summed E-state index contributed by atoms with van der Waals surface area (Å²) in [6, 6.07) is 33.1. The molecule has 10 heterocycles. The van der Waals surface area contributed by atoms with Crippen LogP contribution in [0, 0.1) is 0 Å². The van der Waals surface area contributed by atoms with Gasteiger partial charge < -0.3 is 39.9 Å². The van der Waals surface area contributed by atoms with E-state index in [1.165, 1.54) is 0 Å². The lowest BCUT2D eigenvalue weighted by Crippen LogP contribution is -2.39. The van der Waals surface area contributed by atoms with Gasteiger partial charge >= 0.3 is 0 Å². The summed E-state index contributed by atoms with van der Waals surface area (Å²) in [7, 11) is 3.68. The van der Waals surface area contributed by atoms with Gasteiger partial charge in [0, 0.05) is 115 Å². The number of nitrogens with one attached hydrogen (secondary N) is 4. The van der Waals surface area contributed by atoms with Gasteiger partial charge in [0.25, 0.3) is 0 Å². The lowest BCUT2D eigenvalue weighted by molar-refractivity contribution is -0.116. The van der Waals surface area contributed by atoms with Gasteiger partial charge in [-0.1, -0.05) is 12.1 Å². The average Bonchev–Trinajstić information content (AvgIpc) is 4.25. The van der Waals surface area contributed by atoms with Crippen LogP contribution in [0.25, 0.3) is 67.1 Å². The molecule has 2 aliphatic heterocycles. The van der Waals surface area contributed by atoms with Gasteiger partial charge in [0.1, 0.15) is 23.3 Å². The molecule has 4 N–H and O–H groups in total. The van der Waals surface area contributed by atoms with E-state index in [0.717, 1.165) is 109 Å². The molecule has 2 fully saturated rings. The molecule has 74 heavy (non-hydrogen) atoms. The molecule has 12 rings (SSSR count). The number of benzene rings is 2. The van der Waals surface area contributed by atoms with E-state index in [2.05, 4.69) is 51.5 Å². The number of carbonyl (C=O) groups excluding carboxylic acids is 2. The maximum Gasteiger partial charge on any atom is 0.230 e. The summed E-state index contributed by atoms with van der Waals surface area (Å²) < 4.78 is 15.3. The Morgan fingerprint density at radius 3 is 1.93 bits per heavy atom. The number of pyridine rings is 4. The molecule has 8 aromatic heterocycles. The van der Waals surface area contributed by atoms with Crippen LogP contribution in [-0.4, -0.2) is 112 Å². The fourth-order valence-electron chi connectivity index (χ4n) is 9.60. The highest BCUT2D eigenvalue weighted by Gasteiger charge is 2.26. The molecule has 2 amide bonds. The molecule has 1 atom stereocenters. The standard InChI is InChI=1S/C55H51N15O4/c1-67-40(26-47(65-67)36-4-3-17-56-31-36)28-50(71)60-38-10-5-34(6-11-38)46-30-42-43(62-46)15-18-57-54(42)70-22-25-74-49(33-70)44-14-9-37(32-59-44)48-27-41(68(2)66-48)29-51(72)61-39-12-7-35(8-13-39)53-63-45-16-19-58-55(52(45)64-53)69-20-23-73-24-21-69/h3-19,26-27,30-32,49,62H,20-25,28-29,33H2,1-2H3,(H,60,71)(H,61,72)(H,63,64). The predicted molar refractivity (Wildman–Crippen MR) is 282 cm³/mol. The van der Waals surface area contributed by atoms with Crippen molar-refractivity contribution in [1.29, 1.82) is 0 Å². The lowest BCUT2D eigenvalue weighted by atomic mass is 10.1. The number of anilines is 4. The largest absolute Gasteiger partial charge is 0.378 e. The van der Waals surface area contributed by atoms with Gasteiger partial charge in [0.05, 0.1) is 67.3 Å². The number of imidazole rings is 1. The lowest BCUT2D eigenvalue weighted by Gasteiger charge is -2.33. The highest BCUT2D eigenvalue weighted by Crippen LogP contribution is 2.34. The smallest absolute Gasteiger partial charge is 0.230 e. The normalized spacial score (nSPS) is 15.0. The first-order valence-corrected chi connectivity index (χ1v) is 24.5. The van der Waals surface area contributed by atoms with Crippen LogP contribution >= 0.6 is 0 Å². The third-order valence-corrected chi connectivity index (χ3v) is 13.5. The number of fused-ring (bicyclic) bond motifs is 2. The molecule has 19 nitrogen and oxygen atoms in total. The van der Waals surface area contributed by atoms with E-state index in [0.29, 0.717) is 44.3 Å². The molecule has 10 aromatic rings. The Morgan fingerprint density at radius 1 is 0.635 bits per heavy atom. The second-order valence-corrected chi connectivity index (χ2v) is 18.4. The first-order chi connectivity index (χ1) is 36.2. The van der Waals surface area contributed by atoms with Gasteiger partial charge in [-0.05, 0) is 96.6 Å². The molecule has 0 saturated carbocycles. The number of H-pyrrole nitrogens is 2. The summed E-state index contributed by atoms with van der Waals surface area (Å²) in [5, 5.41) is 16.3. The molecule has 2 aromatic carbocycles. The van der Waals surface area contributed by atoms with Crippen molar-refractivity contribution in [3.8, 4) is 45.2 Å². The molecule has 2 saturated heterocycles. The molecule has 0 aliphatic carbocycles. The summed E-state index contributed by atoms with van der Waals surface area (Å²) in [5.41, 5.74) is 12.5. The highest BCUT2D eigenvalue weighted by molar-refractivity contribution is 5.96. The number of aryl methyl sites for hydroxylation is 2. The zero-order valence-electron chi connectivity index (χ0n) is 40.7. The topological polar surface area (TPSA) is 215 Å². The Balaban J connectivity index is 0.658. The van der Waals surface area contributed by atoms with Crippen molar-refractivity contribution in [3.63, 3.8) is 0 Å². The molecule has 0 spiro atoms. The van der Waals surface area contributed by atoms with Gasteiger partial charge in [-0.3, -0.25) is 28.9 Å². The SMILES string of the molecule is Cn1nc(-c2cccnc2)cc1CC(=O)Nc1ccc(-c2cc3c(N4CCOC(c5ccc(-c6cc(CC(=O)Nc7ccc(-c8nc9c(N%10CCOCC%10)nccc9[nH]8)cc7)n(C)n6)cn5)C4)nccc3[nH]2)cc1. The van der Waals surface area contributed by atoms with Crippen molar-refractivity contribution in [1.82, 2.24) is 54.4 Å². The van der Waals surface area contributed by atoms with E-state index in [9.17, 15) is 9.59 Å². The van der Waals surface area contributed by atoms with Gasteiger partial charge in [0.15, 0.2) is 5.82 Å². The third kappa shape index (κ3) is 9.56. The Labute approximate surface area is 424 Å². The van der Waals surface area contributed by atoms with Crippen LogP contribution in [0.15, 0.2) is 134 Å². The van der Waals surface area contributed by atoms with Crippen molar-refractivity contribution in [2.24, 2.45) is 14.1 Å². The number of amides is 2. The number of morpholine rings is 2. The first kappa shape index (κ1) is 46.0. The van der Waals surface area contributed by atoms with E-state index in [1.807, 2.05) is 124 Å². The summed E-state index contributed by atoms with van der Waals surface area (Å²) in [6.07, 6.45) is 8.95. The van der Waals surface area contributed by atoms with Gasteiger partial charge in [0.2, 0.25) is 11.8 Å². The molecule has 19 heteroatoms. The van der Waals surface area contributed by atoms with Crippen LogP contribution in [0.3, 0.4) is 0 Å². The fraction of sp³-hybridized carbons (Fsp3) is 0.218. The molecule has 2 aliphatic rings. The number of ether oxygens (including phenoxy) is 2. The third-order valence-electron chi connectivity index (χ3n) is 13.5. The van der Waals surface area contributed by atoms with Crippen LogP contribution in [0.1, 0.15) is 23.2 Å². The number of hydrogen-bond acceptors (Lipinski definition) is 13. The monoisotopic (exact) mass is 985 g/mol. The minimum atomic E-state index is -0.279.